The van der Waals surface area contributed by atoms with Crippen molar-refractivity contribution in [1.82, 2.24) is 9.55 Å². The maximum absolute atomic E-state index is 10.8. The van der Waals surface area contributed by atoms with Gasteiger partial charge in [-0.2, -0.15) is 0 Å². The molecule has 0 aliphatic rings. The van der Waals surface area contributed by atoms with E-state index < -0.39 is 11.8 Å². The predicted molar refractivity (Wildman–Crippen MR) is 38.4 cm³/mol. The third-order valence-corrected chi connectivity index (χ3v) is 1.29. The van der Waals surface area contributed by atoms with Crippen LogP contribution in [0.4, 0.5) is 0 Å². The van der Waals surface area contributed by atoms with Gasteiger partial charge in [0.2, 0.25) is 5.88 Å². The first kappa shape index (κ1) is 7.87. The zero-order valence-corrected chi connectivity index (χ0v) is 6.11. The van der Waals surface area contributed by atoms with Gasteiger partial charge in [-0.05, 0) is 6.92 Å². The number of rotatable bonds is 2. The van der Waals surface area contributed by atoms with Gasteiger partial charge in [-0.25, -0.2) is 4.79 Å². The van der Waals surface area contributed by atoms with Crippen molar-refractivity contribution < 1.29 is 10.2 Å². The summed E-state index contributed by atoms with van der Waals surface area (Å²) in [5, 5.41) is 17.9. The molecule has 1 unspecified atom stereocenters. The molecule has 1 aromatic rings. The number of aliphatic hydroxyl groups excluding tert-OH is 1. The molecule has 0 aliphatic carbocycles. The molecule has 0 saturated carbocycles. The van der Waals surface area contributed by atoms with Gasteiger partial charge in [-0.1, -0.05) is 0 Å². The lowest BCUT2D eigenvalue weighted by molar-refractivity contribution is 0.167. The van der Waals surface area contributed by atoms with Crippen LogP contribution in [0.5, 0.6) is 5.88 Å². The van der Waals surface area contributed by atoms with E-state index >= 15 is 0 Å². The molecule has 0 spiro atoms. The minimum Gasteiger partial charge on any atom is -0.493 e. The van der Waals surface area contributed by atoms with Gasteiger partial charge in [0.15, 0.2) is 0 Å². The fourth-order valence-electron chi connectivity index (χ4n) is 0.827. The van der Waals surface area contributed by atoms with E-state index in [-0.39, 0.29) is 12.4 Å². The van der Waals surface area contributed by atoms with Gasteiger partial charge in [0, 0.05) is 0 Å². The van der Waals surface area contributed by atoms with E-state index in [1.807, 2.05) is 0 Å². The Morgan fingerprint density at radius 2 is 2.45 bits per heavy atom. The maximum Gasteiger partial charge on any atom is 0.328 e. The molecule has 1 atom stereocenters. The number of aromatic hydroxyl groups is 1. The Bertz CT molecular complexity index is 286. The molecule has 5 heteroatoms. The quantitative estimate of drug-likeness (QED) is 0.530. The summed E-state index contributed by atoms with van der Waals surface area (Å²) in [5.41, 5.74) is -0.414. The molecule has 5 nitrogen and oxygen atoms in total. The smallest absolute Gasteiger partial charge is 0.328 e. The van der Waals surface area contributed by atoms with Crippen LogP contribution >= 0.6 is 0 Å². The summed E-state index contributed by atoms with van der Waals surface area (Å²) < 4.78 is 1.06. The number of H-pyrrole nitrogens is 1. The number of nitrogens with zero attached hydrogens (tertiary/aromatic N) is 1. The summed E-state index contributed by atoms with van der Waals surface area (Å²) in [6, 6.07) is 0. The summed E-state index contributed by atoms with van der Waals surface area (Å²) in [6.07, 6.45) is 0.541. The highest BCUT2D eigenvalue weighted by molar-refractivity contribution is 5.02. The van der Waals surface area contributed by atoms with Crippen molar-refractivity contribution in [1.29, 1.82) is 0 Å². The number of hydrogen-bond acceptors (Lipinski definition) is 3. The lowest BCUT2D eigenvalue weighted by atomic mass is 10.4. The molecular weight excluding hydrogens is 148 g/mol. The van der Waals surface area contributed by atoms with Crippen LogP contribution in [0.1, 0.15) is 6.92 Å². The zero-order valence-electron chi connectivity index (χ0n) is 6.11. The van der Waals surface area contributed by atoms with Gasteiger partial charge < -0.3 is 15.2 Å². The molecule has 0 amide bonds. The highest BCUT2D eigenvalue weighted by Crippen LogP contribution is 2.02. The fraction of sp³-hybridized carbons (Fsp3) is 0.500. The second-order valence-electron chi connectivity index (χ2n) is 2.41. The SMILES string of the molecule is CC(O)Cn1c(O)c[nH]c1=O. The van der Waals surface area contributed by atoms with E-state index in [0.29, 0.717) is 0 Å². The van der Waals surface area contributed by atoms with E-state index in [9.17, 15) is 4.79 Å². The standard InChI is InChI=1S/C6H10N2O3/c1-4(9)3-8-5(10)2-7-6(8)11/h2,4,9-10H,3H2,1H3,(H,7,11). The Morgan fingerprint density at radius 1 is 1.82 bits per heavy atom. The van der Waals surface area contributed by atoms with Crippen molar-refractivity contribution in [3.05, 3.63) is 16.7 Å². The van der Waals surface area contributed by atoms with Crippen LogP contribution in [0, 0.1) is 0 Å². The van der Waals surface area contributed by atoms with Gasteiger partial charge in [0.1, 0.15) is 0 Å². The molecule has 1 aromatic heterocycles. The van der Waals surface area contributed by atoms with Gasteiger partial charge in [-0.3, -0.25) is 4.57 Å². The van der Waals surface area contributed by atoms with Crippen LogP contribution in [0.25, 0.3) is 0 Å². The number of imidazole rings is 1. The Kier molecular flexibility index (Phi) is 2.00. The molecule has 3 N–H and O–H groups in total. The molecule has 62 valence electrons. The number of aromatic nitrogens is 2. The minimum absolute atomic E-state index is 0.105. The molecular formula is C6H10N2O3. The normalized spacial score (nSPS) is 13.3. The van der Waals surface area contributed by atoms with Crippen molar-refractivity contribution in [3.63, 3.8) is 0 Å². The highest BCUT2D eigenvalue weighted by atomic mass is 16.3. The third-order valence-electron chi connectivity index (χ3n) is 1.29. The van der Waals surface area contributed by atoms with Crippen molar-refractivity contribution in [2.75, 3.05) is 0 Å². The molecule has 1 rings (SSSR count). The Hall–Kier alpha value is -1.23. The third kappa shape index (κ3) is 1.62. The average Bonchev–Trinajstić information content (AvgIpc) is 2.18. The van der Waals surface area contributed by atoms with Crippen molar-refractivity contribution >= 4 is 0 Å². The first-order valence-electron chi connectivity index (χ1n) is 3.26. The van der Waals surface area contributed by atoms with E-state index in [0.717, 1.165) is 4.57 Å². The molecule has 0 fully saturated rings. The van der Waals surface area contributed by atoms with Gasteiger partial charge in [0.05, 0.1) is 18.8 Å². The van der Waals surface area contributed by atoms with Crippen LogP contribution in [-0.2, 0) is 6.54 Å². The van der Waals surface area contributed by atoms with Gasteiger partial charge in [-0.15, -0.1) is 0 Å². The van der Waals surface area contributed by atoms with Crippen LogP contribution < -0.4 is 5.69 Å². The topological polar surface area (TPSA) is 78.2 Å². The fourth-order valence-corrected chi connectivity index (χ4v) is 0.827. The second kappa shape index (κ2) is 2.79. The van der Waals surface area contributed by atoms with E-state index in [1.165, 1.54) is 6.20 Å². The summed E-state index contributed by atoms with van der Waals surface area (Å²) >= 11 is 0. The number of aliphatic hydroxyl groups is 1. The van der Waals surface area contributed by atoms with Gasteiger partial charge in [0.25, 0.3) is 0 Å². The Balaban J connectivity index is 2.92. The highest BCUT2D eigenvalue weighted by Gasteiger charge is 2.05. The predicted octanol–water partition coefficient (Wildman–Crippen LogP) is -0.737. The zero-order chi connectivity index (χ0) is 8.43. The molecule has 0 aromatic carbocycles. The maximum atomic E-state index is 10.8. The molecule has 1 heterocycles. The monoisotopic (exact) mass is 158 g/mol. The lowest BCUT2D eigenvalue weighted by Gasteiger charge is -2.03. The molecule has 0 saturated heterocycles. The molecule has 0 radical (unpaired) electrons. The first-order chi connectivity index (χ1) is 5.11. The largest absolute Gasteiger partial charge is 0.493 e. The second-order valence-corrected chi connectivity index (χ2v) is 2.41. The lowest BCUT2D eigenvalue weighted by Crippen LogP contribution is -2.22. The van der Waals surface area contributed by atoms with Crippen molar-refractivity contribution in [3.8, 4) is 5.88 Å². The van der Waals surface area contributed by atoms with Crippen LogP contribution in [0.15, 0.2) is 11.0 Å². The van der Waals surface area contributed by atoms with Crippen LogP contribution in [0.3, 0.4) is 0 Å². The number of nitrogens with one attached hydrogen (secondary N) is 1. The summed E-state index contributed by atoms with van der Waals surface area (Å²) in [4.78, 5) is 13.1. The van der Waals surface area contributed by atoms with E-state index in [4.69, 9.17) is 10.2 Å². The van der Waals surface area contributed by atoms with E-state index in [1.54, 1.807) is 6.92 Å². The minimum atomic E-state index is -0.644. The number of hydrogen-bond donors (Lipinski definition) is 3. The summed E-state index contributed by atoms with van der Waals surface area (Å²) in [5.74, 6) is -0.157. The van der Waals surface area contributed by atoms with Crippen LogP contribution in [0.2, 0.25) is 0 Å². The number of aromatic amines is 1. The summed E-state index contributed by atoms with van der Waals surface area (Å²) in [6.45, 7) is 1.65. The van der Waals surface area contributed by atoms with E-state index in [2.05, 4.69) is 4.98 Å². The van der Waals surface area contributed by atoms with Crippen molar-refractivity contribution in [2.24, 2.45) is 0 Å². The van der Waals surface area contributed by atoms with Crippen molar-refractivity contribution in [2.45, 2.75) is 19.6 Å². The first-order valence-corrected chi connectivity index (χ1v) is 3.26. The average molecular weight is 158 g/mol. The molecule has 0 bridgehead atoms. The molecule has 11 heavy (non-hydrogen) atoms. The molecule has 0 aliphatic heterocycles. The van der Waals surface area contributed by atoms with Crippen LogP contribution in [-0.4, -0.2) is 25.9 Å². The Labute approximate surface area is 62.9 Å². The van der Waals surface area contributed by atoms with Gasteiger partial charge >= 0.3 is 5.69 Å². The summed E-state index contributed by atoms with van der Waals surface area (Å²) in [7, 11) is 0. The Morgan fingerprint density at radius 3 is 2.82 bits per heavy atom.